The first-order chi connectivity index (χ1) is 11.5. The number of rotatable bonds is 2. The van der Waals surface area contributed by atoms with E-state index < -0.39 is 28.8 Å². The van der Waals surface area contributed by atoms with E-state index in [4.69, 9.17) is 4.74 Å². The first kappa shape index (κ1) is 19.6. The molecule has 0 saturated carbocycles. The molecule has 140 valence electrons. The van der Waals surface area contributed by atoms with Gasteiger partial charge in [0.2, 0.25) is 0 Å². The van der Waals surface area contributed by atoms with E-state index in [0.717, 1.165) is 12.1 Å². The van der Waals surface area contributed by atoms with Crippen molar-refractivity contribution in [2.24, 2.45) is 0 Å². The molecule has 0 aliphatic carbocycles. The van der Waals surface area contributed by atoms with Gasteiger partial charge in [-0.15, -0.1) is 0 Å². The standard InChI is InChI=1S/C18H24F3NO3/c1-16(2,3)25-15(24)22-10-8-17(12-23,9-11-22)13-4-6-14(7-5-13)18(19,20)21/h4-7,23H,8-12H2,1-3H3. The van der Waals surface area contributed by atoms with Crippen LogP contribution in [0.25, 0.3) is 0 Å². The molecular formula is C18H24F3NO3. The highest BCUT2D eigenvalue weighted by molar-refractivity contribution is 5.68. The summed E-state index contributed by atoms with van der Waals surface area (Å²) in [5, 5.41) is 9.88. The molecule has 1 aliphatic rings. The molecule has 1 fully saturated rings. The van der Waals surface area contributed by atoms with Gasteiger partial charge in [-0.25, -0.2) is 4.79 Å². The number of aliphatic hydroxyl groups excluding tert-OH is 1. The average Bonchev–Trinajstić information content (AvgIpc) is 2.52. The smallest absolute Gasteiger partial charge is 0.416 e. The molecule has 0 atom stereocenters. The monoisotopic (exact) mass is 359 g/mol. The highest BCUT2D eigenvalue weighted by Crippen LogP contribution is 2.37. The van der Waals surface area contributed by atoms with Crippen LogP contribution in [-0.2, 0) is 16.3 Å². The SMILES string of the molecule is CC(C)(C)OC(=O)N1CCC(CO)(c2ccc(C(F)(F)F)cc2)CC1. The molecule has 7 heteroatoms. The lowest BCUT2D eigenvalue weighted by atomic mass is 9.73. The van der Waals surface area contributed by atoms with Crippen LogP contribution in [0.5, 0.6) is 0 Å². The van der Waals surface area contributed by atoms with Gasteiger partial charge >= 0.3 is 12.3 Å². The summed E-state index contributed by atoms with van der Waals surface area (Å²) < 4.78 is 43.5. The van der Waals surface area contributed by atoms with E-state index in [1.165, 1.54) is 12.1 Å². The Balaban J connectivity index is 2.10. The molecule has 1 aliphatic heterocycles. The first-order valence-corrected chi connectivity index (χ1v) is 8.23. The Morgan fingerprint density at radius 2 is 1.68 bits per heavy atom. The quantitative estimate of drug-likeness (QED) is 0.869. The minimum Gasteiger partial charge on any atom is -0.444 e. The van der Waals surface area contributed by atoms with Gasteiger partial charge in [0.15, 0.2) is 0 Å². The van der Waals surface area contributed by atoms with Crippen molar-refractivity contribution < 1.29 is 27.8 Å². The lowest BCUT2D eigenvalue weighted by Crippen LogP contribution is -2.48. The molecule has 1 amide bonds. The van der Waals surface area contributed by atoms with Crippen LogP contribution in [0.2, 0.25) is 0 Å². The van der Waals surface area contributed by atoms with Crippen LogP contribution in [0.1, 0.15) is 44.7 Å². The predicted octanol–water partition coefficient (Wildman–Crippen LogP) is 3.97. The summed E-state index contributed by atoms with van der Waals surface area (Å²) in [6.07, 6.45) is -3.86. The van der Waals surface area contributed by atoms with Crippen LogP contribution in [0.3, 0.4) is 0 Å². The number of halogens is 3. The summed E-state index contributed by atoms with van der Waals surface area (Å²) >= 11 is 0. The van der Waals surface area contributed by atoms with Crippen molar-refractivity contribution in [2.45, 2.75) is 50.8 Å². The fraction of sp³-hybridized carbons (Fsp3) is 0.611. The zero-order valence-electron chi connectivity index (χ0n) is 14.7. The van der Waals surface area contributed by atoms with E-state index in [2.05, 4.69) is 0 Å². The van der Waals surface area contributed by atoms with Crippen LogP contribution in [0, 0.1) is 0 Å². The van der Waals surface area contributed by atoms with Gasteiger partial charge in [-0.05, 0) is 51.3 Å². The molecule has 25 heavy (non-hydrogen) atoms. The first-order valence-electron chi connectivity index (χ1n) is 8.23. The number of benzene rings is 1. The zero-order chi connectivity index (χ0) is 18.9. The minimum atomic E-state index is -4.38. The van der Waals surface area contributed by atoms with Crippen molar-refractivity contribution in [1.82, 2.24) is 4.90 Å². The average molecular weight is 359 g/mol. The van der Waals surface area contributed by atoms with E-state index in [0.29, 0.717) is 31.5 Å². The molecule has 1 heterocycles. The number of likely N-dealkylation sites (tertiary alicyclic amines) is 1. The normalized spacial score (nSPS) is 18.1. The number of amides is 1. The van der Waals surface area contributed by atoms with Gasteiger partial charge in [0.1, 0.15) is 5.60 Å². The number of carbonyl (C=O) groups is 1. The van der Waals surface area contributed by atoms with Gasteiger partial charge < -0.3 is 14.7 Å². The number of nitrogens with zero attached hydrogens (tertiary/aromatic N) is 1. The van der Waals surface area contributed by atoms with Crippen LogP contribution < -0.4 is 0 Å². The molecule has 0 radical (unpaired) electrons. The lowest BCUT2D eigenvalue weighted by Gasteiger charge is -2.41. The van der Waals surface area contributed by atoms with Crippen molar-refractivity contribution >= 4 is 6.09 Å². The van der Waals surface area contributed by atoms with Gasteiger partial charge in [0.25, 0.3) is 0 Å². The fourth-order valence-corrected chi connectivity index (χ4v) is 2.99. The molecule has 0 bridgehead atoms. The van der Waals surface area contributed by atoms with E-state index >= 15 is 0 Å². The highest BCUT2D eigenvalue weighted by Gasteiger charge is 2.39. The molecule has 1 aromatic rings. The van der Waals surface area contributed by atoms with E-state index in [1.54, 1.807) is 25.7 Å². The third kappa shape index (κ3) is 4.66. The second kappa shape index (κ2) is 6.86. The number of piperidine rings is 1. The molecule has 0 aromatic heterocycles. The maximum absolute atomic E-state index is 12.7. The zero-order valence-corrected chi connectivity index (χ0v) is 14.7. The van der Waals surface area contributed by atoms with Crippen molar-refractivity contribution in [1.29, 1.82) is 0 Å². The third-order valence-electron chi connectivity index (χ3n) is 4.50. The number of aliphatic hydroxyl groups is 1. The molecular weight excluding hydrogens is 335 g/mol. The number of carbonyl (C=O) groups excluding carboxylic acids is 1. The van der Waals surface area contributed by atoms with Gasteiger partial charge in [-0.1, -0.05) is 12.1 Å². The Labute approximate surface area is 145 Å². The summed E-state index contributed by atoms with van der Waals surface area (Å²) in [6, 6.07) is 4.91. The van der Waals surface area contributed by atoms with Crippen molar-refractivity contribution in [3.05, 3.63) is 35.4 Å². The second-order valence-electron chi connectivity index (χ2n) is 7.48. The van der Waals surface area contributed by atoms with Gasteiger partial charge in [-0.3, -0.25) is 0 Å². The Kier molecular flexibility index (Phi) is 5.37. The maximum atomic E-state index is 12.7. The summed E-state index contributed by atoms with van der Waals surface area (Å²) in [7, 11) is 0. The molecule has 1 N–H and O–H groups in total. The molecule has 1 saturated heterocycles. The molecule has 4 nitrogen and oxygen atoms in total. The summed E-state index contributed by atoms with van der Waals surface area (Å²) in [5.41, 5.74) is -1.28. The Morgan fingerprint density at radius 3 is 2.08 bits per heavy atom. The Hall–Kier alpha value is -1.76. The molecule has 1 aromatic carbocycles. The third-order valence-corrected chi connectivity index (χ3v) is 4.50. The van der Waals surface area contributed by atoms with Gasteiger partial charge in [0, 0.05) is 18.5 Å². The van der Waals surface area contributed by atoms with Crippen molar-refractivity contribution in [3.8, 4) is 0 Å². The van der Waals surface area contributed by atoms with Gasteiger partial charge in [-0.2, -0.15) is 13.2 Å². The maximum Gasteiger partial charge on any atom is 0.416 e. The van der Waals surface area contributed by atoms with Crippen LogP contribution >= 0.6 is 0 Å². The van der Waals surface area contributed by atoms with Crippen LogP contribution in [0.15, 0.2) is 24.3 Å². The predicted molar refractivity (Wildman–Crippen MR) is 87.2 cm³/mol. The highest BCUT2D eigenvalue weighted by atomic mass is 19.4. The van der Waals surface area contributed by atoms with E-state index in [9.17, 15) is 23.1 Å². The topological polar surface area (TPSA) is 49.8 Å². The molecule has 2 rings (SSSR count). The van der Waals surface area contributed by atoms with E-state index in [-0.39, 0.29) is 6.61 Å². The Bertz CT molecular complexity index is 597. The van der Waals surface area contributed by atoms with Crippen LogP contribution in [-0.4, -0.2) is 41.4 Å². The second-order valence-corrected chi connectivity index (χ2v) is 7.48. The number of hydrogen-bond acceptors (Lipinski definition) is 3. The minimum absolute atomic E-state index is 0.180. The largest absolute Gasteiger partial charge is 0.444 e. The van der Waals surface area contributed by atoms with E-state index in [1.807, 2.05) is 0 Å². The van der Waals surface area contributed by atoms with Crippen LogP contribution in [0.4, 0.5) is 18.0 Å². The number of hydrogen-bond donors (Lipinski definition) is 1. The molecule has 0 unspecified atom stereocenters. The summed E-state index contributed by atoms with van der Waals surface area (Å²) in [6.45, 7) is 5.95. The summed E-state index contributed by atoms with van der Waals surface area (Å²) in [5.74, 6) is 0. The fourth-order valence-electron chi connectivity index (χ4n) is 2.99. The van der Waals surface area contributed by atoms with Crippen molar-refractivity contribution in [2.75, 3.05) is 19.7 Å². The number of ether oxygens (including phenoxy) is 1. The molecule has 0 spiro atoms. The van der Waals surface area contributed by atoms with Crippen molar-refractivity contribution in [3.63, 3.8) is 0 Å². The van der Waals surface area contributed by atoms with Gasteiger partial charge in [0.05, 0.1) is 12.2 Å². The lowest BCUT2D eigenvalue weighted by molar-refractivity contribution is -0.137. The number of alkyl halides is 3. The summed E-state index contributed by atoms with van der Waals surface area (Å²) in [4.78, 5) is 13.7. The Morgan fingerprint density at radius 1 is 1.16 bits per heavy atom.